The molecular weight excluding hydrogens is 257 g/mol. The van der Waals surface area contributed by atoms with E-state index in [-0.39, 0.29) is 0 Å². The molecule has 0 bridgehead atoms. The predicted molar refractivity (Wildman–Crippen MR) is 76.6 cm³/mol. The Labute approximate surface area is 113 Å². The van der Waals surface area contributed by atoms with Crippen LogP contribution in [0.5, 0.6) is 0 Å². The van der Waals surface area contributed by atoms with E-state index in [4.69, 9.17) is 23.2 Å². The molecule has 0 amide bonds. The third kappa shape index (κ3) is 3.65. The molecule has 96 valence electrons. The lowest BCUT2D eigenvalue weighted by Crippen LogP contribution is -2.23. The quantitative estimate of drug-likeness (QED) is 0.849. The van der Waals surface area contributed by atoms with Crippen LogP contribution in [0.3, 0.4) is 0 Å². The minimum Gasteiger partial charge on any atom is -0.369 e. The first-order valence-electron chi connectivity index (χ1n) is 5.98. The summed E-state index contributed by atoms with van der Waals surface area (Å²) in [6, 6.07) is 1.75. The zero-order valence-electron chi connectivity index (χ0n) is 10.6. The van der Waals surface area contributed by atoms with E-state index in [1.165, 1.54) is 0 Å². The predicted octanol–water partition coefficient (Wildman–Crippen LogP) is 4.06. The van der Waals surface area contributed by atoms with Crippen LogP contribution in [0.4, 0.5) is 11.6 Å². The van der Waals surface area contributed by atoms with Crippen molar-refractivity contribution in [3.05, 3.63) is 16.1 Å². The number of aromatic nitrogens is 1. The lowest BCUT2D eigenvalue weighted by molar-refractivity contribution is 0.845. The number of nitrogens with zero attached hydrogens (tertiary/aromatic N) is 2. The highest BCUT2D eigenvalue weighted by Crippen LogP contribution is 2.31. The molecule has 1 rings (SSSR count). The highest BCUT2D eigenvalue weighted by Gasteiger charge is 2.13. The Balaban J connectivity index is 3.04. The van der Waals surface area contributed by atoms with Crippen LogP contribution >= 0.6 is 23.2 Å². The molecule has 0 aliphatic carbocycles. The number of anilines is 2. The first-order valence-corrected chi connectivity index (χ1v) is 6.74. The summed E-state index contributed by atoms with van der Waals surface area (Å²) >= 11 is 12.3. The minimum atomic E-state index is 0.569. The number of hydrogen-bond donors (Lipinski definition) is 1. The maximum absolute atomic E-state index is 6.17. The average Bonchev–Trinajstić information content (AvgIpc) is 2.31. The number of hydrogen-bond acceptors (Lipinski definition) is 3. The molecule has 1 aromatic heterocycles. The Bertz CT molecular complexity index is 365. The first kappa shape index (κ1) is 14.4. The molecule has 0 radical (unpaired) electrons. The standard InChI is InChI=1S/C12H19Cl2N3/c1-4-7-15-11-9(13)8-10(14)12(16-11)17(5-2)6-3/h8H,4-7H2,1-3H3,(H,15,16). The van der Waals surface area contributed by atoms with E-state index < -0.39 is 0 Å². The van der Waals surface area contributed by atoms with Crippen LogP contribution < -0.4 is 10.2 Å². The van der Waals surface area contributed by atoms with Crippen molar-refractivity contribution in [2.45, 2.75) is 27.2 Å². The highest BCUT2D eigenvalue weighted by atomic mass is 35.5. The second kappa shape index (κ2) is 6.92. The van der Waals surface area contributed by atoms with E-state index in [2.05, 4.69) is 36.0 Å². The summed E-state index contributed by atoms with van der Waals surface area (Å²) < 4.78 is 0. The molecule has 1 N–H and O–H groups in total. The first-order chi connectivity index (χ1) is 8.13. The zero-order valence-corrected chi connectivity index (χ0v) is 12.1. The summed E-state index contributed by atoms with van der Waals surface area (Å²) in [4.78, 5) is 6.61. The topological polar surface area (TPSA) is 28.2 Å². The van der Waals surface area contributed by atoms with Gasteiger partial charge in [0, 0.05) is 19.6 Å². The van der Waals surface area contributed by atoms with E-state index in [9.17, 15) is 0 Å². The van der Waals surface area contributed by atoms with Gasteiger partial charge in [0.05, 0.1) is 10.0 Å². The van der Waals surface area contributed by atoms with Crippen LogP contribution in [-0.2, 0) is 0 Å². The van der Waals surface area contributed by atoms with Gasteiger partial charge in [0.2, 0.25) is 0 Å². The maximum Gasteiger partial charge on any atom is 0.149 e. The molecule has 17 heavy (non-hydrogen) atoms. The lowest BCUT2D eigenvalue weighted by Gasteiger charge is -2.22. The van der Waals surface area contributed by atoms with Gasteiger partial charge in [0.15, 0.2) is 0 Å². The molecule has 0 aromatic carbocycles. The summed E-state index contributed by atoms with van der Waals surface area (Å²) in [6.07, 6.45) is 1.03. The van der Waals surface area contributed by atoms with Gasteiger partial charge >= 0.3 is 0 Å². The smallest absolute Gasteiger partial charge is 0.149 e. The molecule has 0 saturated heterocycles. The molecule has 0 aliphatic heterocycles. The van der Waals surface area contributed by atoms with Crippen LogP contribution in [0.15, 0.2) is 6.07 Å². The summed E-state index contributed by atoms with van der Waals surface area (Å²) in [5.74, 6) is 1.50. The largest absolute Gasteiger partial charge is 0.369 e. The van der Waals surface area contributed by atoms with Crippen molar-refractivity contribution in [3.8, 4) is 0 Å². The van der Waals surface area contributed by atoms with Gasteiger partial charge in [-0.3, -0.25) is 0 Å². The molecule has 1 heterocycles. The summed E-state index contributed by atoms with van der Waals surface area (Å²) in [7, 11) is 0. The summed E-state index contributed by atoms with van der Waals surface area (Å²) in [6.45, 7) is 8.86. The van der Waals surface area contributed by atoms with E-state index in [0.717, 1.165) is 31.9 Å². The number of rotatable bonds is 6. The Morgan fingerprint density at radius 1 is 1.18 bits per heavy atom. The van der Waals surface area contributed by atoms with Crippen molar-refractivity contribution in [1.29, 1.82) is 0 Å². The van der Waals surface area contributed by atoms with Gasteiger partial charge in [-0.2, -0.15) is 0 Å². The lowest BCUT2D eigenvalue weighted by atomic mass is 10.3. The van der Waals surface area contributed by atoms with Crippen molar-refractivity contribution in [1.82, 2.24) is 4.98 Å². The molecule has 3 nitrogen and oxygen atoms in total. The Kier molecular flexibility index (Phi) is 5.86. The van der Waals surface area contributed by atoms with E-state index >= 15 is 0 Å². The van der Waals surface area contributed by atoms with Crippen LogP contribution in [0.25, 0.3) is 0 Å². The normalized spacial score (nSPS) is 10.4. The number of pyridine rings is 1. The summed E-state index contributed by atoms with van der Waals surface area (Å²) in [5, 5.41) is 4.37. The van der Waals surface area contributed by atoms with E-state index in [0.29, 0.717) is 15.9 Å². The monoisotopic (exact) mass is 275 g/mol. The molecule has 0 fully saturated rings. The maximum atomic E-state index is 6.17. The fourth-order valence-electron chi connectivity index (χ4n) is 1.57. The van der Waals surface area contributed by atoms with Crippen LogP contribution in [0, 0.1) is 0 Å². The zero-order chi connectivity index (χ0) is 12.8. The Morgan fingerprint density at radius 3 is 2.35 bits per heavy atom. The molecule has 0 saturated carbocycles. The minimum absolute atomic E-state index is 0.569. The van der Waals surface area contributed by atoms with Gasteiger partial charge in [-0.1, -0.05) is 30.1 Å². The molecule has 5 heteroatoms. The van der Waals surface area contributed by atoms with Crippen LogP contribution in [-0.4, -0.2) is 24.6 Å². The molecule has 1 aromatic rings. The van der Waals surface area contributed by atoms with Crippen molar-refractivity contribution in [3.63, 3.8) is 0 Å². The van der Waals surface area contributed by atoms with Gasteiger partial charge in [-0.25, -0.2) is 4.98 Å². The van der Waals surface area contributed by atoms with Gasteiger partial charge < -0.3 is 10.2 Å². The second-order valence-corrected chi connectivity index (χ2v) is 4.54. The Hall–Kier alpha value is -0.670. The Morgan fingerprint density at radius 2 is 1.82 bits per heavy atom. The van der Waals surface area contributed by atoms with Gasteiger partial charge in [0.1, 0.15) is 11.6 Å². The van der Waals surface area contributed by atoms with Crippen molar-refractivity contribution in [2.24, 2.45) is 0 Å². The third-order valence-electron chi connectivity index (χ3n) is 2.52. The second-order valence-electron chi connectivity index (χ2n) is 3.72. The van der Waals surface area contributed by atoms with E-state index in [1.54, 1.807) is 6.07 Å². The van der Waals surface area contributed by atoms with Gasteiger partial charge in [-0.15, -0.1) is 0 Å². The van der Waals surface area contributed by atoms with Gasteiger partial charge in [-0.05, 0) is 26.3 Å². The fraction of sp³-hybridized carbons (Fsp3) is 0.583. The number of halogens is 2. The fourth-order valence-corrected chi connectivity index (χ4v) is 2.11. The molecule has 0 spiro atoms. The molecule has 0 unspecified atom stereocenters. The molecule has 0 atom stereocenters. The molecular formula is C12H19Cl2N3. The SMILES string of the molecule is CCCNc1nc(N(CC)CC)c(Cl)cc1Cl. The average molecular weight is 276 g/mol. The van der Waals surface area contributed by atoms with Crippen LogP contribution in [0.2, 0.25) is 10.0 Å². The molecule has 0 aliphatic rings. The van der Waals surface area contributed by atoms with Crippen molar-refractivity contribution >= 4 is 34.8 Å². The van der Waals surface area contributed by atoms with E-state index in [1.807, 2.05) is 0 Å². The highest BCUT2D eigenvalue weighted by molar-refractivity contribution is 6.37. The number of nitrogens with one attached hydrogen (secondary N) is 1. The van der Waals surface area contributed by atoms with Gasteiger partial charge in [0.25, 0.3) is 0 Å². The van der Waals surface area contributed by atoms with Crippen LogP contribution in [0.1, 0.15) is 27.2 Å². The van der Waals surface area contributed by atoms with Crippen molar-refractivity contribution < 1.29 is 0 Å². The summed E-state index contributed by atoms with van der Waals surface area (Å²) in [5.41, 5.74) is 0. The third-order valence-corrected chi connectivity index (χ3v) is 3.08. The van der Waals surface area contributed by atoms with Crippen molar-refractivity contribution in [2.75, 3.05) is 29.9 Å².